The number of fused-ring (bicyclic) bond motifs is 8. The van der Waals surface area contributed by atoms with E-state index in [0.717, 1.165) is 6.42 Å². The first-order valence-corrected chi connectivity index (χ1v) is 18.0. The number of allylic oxidation sites excluding steroid dienone is 4. The summed E-state index contributed by atoms with van der Waals surface area (Å²) >= 11 is 1.92. The molecular formula is C46H34N2S. The predicted molar refractivity (Wildman–Crippen MR) is 212 cm³/mol. The lowest BCUT2D eigenvalue weighted by Gasteiger charge is -2.42. The first-order valence-electron chi connectivity index (χ1n) is 17.2. The second kappa shape index (κ2) is 11.5. The summed E-state index contributed by atoms with van der Waals surface area (Å²) in [5, 5.41) is 7.85. The fraction of sp³-hybridized carbons (Fsp3) is 0.0870. The van der Waals surface area contributed by atoms with Gasteiger partial charge in [-0.3, -0.25) is 0 Å². The van der Waals surface area contributed by atoms with Gasteiger partial charge in [0, 0.05) is 48.2 Å². The van der Waals surface area contributed by atoms with Crippen molar-refractivity contribution in [3.8, 4) is 0 Å². The van der Waals surface area contributed by atoms with Crippen molar-refractivity contribution in [1.82, 2.24) is 4.57 Å². The highest BCUT2D eigenvalue weighted by Crippen LogP contribution is 2.45. The minimum Gasteiger partial charge on any atom is -0.357 e. The zero-order chi connectivity index (χ0) is 32.3. The van der Waals surface area contributed by atoms with Crippen molar-refractivity contribution >= 4 is 75.5 Å². The van der Waals surface area contributed by atoms with E-state index in [4.69, 9.17) is 0 Å². The van der Waals surface area contributed by atoms with E-state index in [1.165, 1.54) is 69.7 Å². The second-order valence-electron chi connectivity index (χ2n) is 13.2. The Bertz CT molecular complexity index is 2650. The van der Waals surface area contributed by atoms with E-state index in [0.29, 0.717) is 0 Å². The number of rotatable bonds is 5. The number of para-hydroxylation sites is 1. The van der Waals surface area contributed by atoms with E-state index >= 15 is 0 Å². The summed E-state index contributed by atoms with van der Waals surface area (Å²) < 4.78 is 5.23. The summed E-state index contributed by atoms with van der Waals surface area (Å²) in [6.07, 6.45) is 17.4. The third kappa shape index (κ3) is 4.61. The van der Waals surface area contributed by atoms with Crippen molar-refractivity contribution in [2.75, 3.05) is 4.90 Å². The standard InChI is InChI=1S/C46H34N2S/c1-4-14-31(15-5-1)37-25-24-36(30-43(37)47(34-18-6-2-7-19-34)35-20-8-3-9-21-35)48-41-27-26-39-38-22-12-13-23-44(38)49-46(39)45(41)40-28-32-16-10-11-17-33(32)29-42(40)48/h1-20,22-30,35,37,43H,21H2. The highest BCUT2D eigenvalue weighted by Gasteiger charge is 2.33. The molecule has 0 aliphatic heterocycles. The Balaban J connectivity index is 1.26. The number of aromatic nitrogens is 1. The Morgan fingerprint density at radius 3 is 2.20 bits per heavy atom. The number of hydrogen-bond acceptors (Lipinski definition) is 2. The summed E-state index contributed by atoms with van der Waals surface area (Å²) in [7, 11) is 0. The number of nitrogens with zero attached hydrogens (tertiary/aromatic N) is 2. The largest absolute Gasteiger partial charge is 0.357 e. The van der Waals surface area contributed by atoms with E-state index in [-0.39, 0.29) is 18.0 Å². The maximum absolute atomic E-state index is 2.65. The van der Waals surface area contributed by atoms with Crippen LogP contribution in [0, 0.1) is 0 Å². The molecule has 0 fully saturated rings. The van der Waals surface area contributed by atoms with Crippen LogP contribution in [0.1, 0.15) is 17.9 Å². The molecule has 49 heavy (non-hydrogen) atoms. The molecule has 0 radical (unpaired) electrons. The van der Waals surface area contributed by atoms with Gasteiger partial charge >= 0.3 is 0 Å². The number of anilines is 1. The highest BCUT2D eigenvalue weighted by molar-refractivity contribution is 7.26. The van der Waals surface area contributed by atoms with Crippen LogP contribution in [0.5, 0.6) is 0 Å². The molecule has 0 bridgehead atoms. The van der Waals surface area contributed by atoms with Gasteiger partial charge in [0.2, 0.25) is 0 Å². The molecule has 234 valence electrons. The third-order valence-corrected chi connectivity index (χ3v) is 11.7. The molecule has 0 saturated heterocycles. The first kappa shape index (κ1) is 28.4. The molecule has 2 aliphatic rings. The van der Waals surface area contributed by atoms with E-state index in [1.807, 2.05) is 11.3 Å². The van der Waals surface area contributed by atoms with Crippen molar-refractivity contribution in [2.24, 2.45) is 0 Å². The molecule has 6 aromatic carbocycles. The quantitative estimate of drug-likeness (QED) is 0.181. The van der Waals surface area contributed by atoms with Crippen molar-refractivity contribution in [1.29, 1.82) is 0 Å². The van der Waals surface area contributed by atoms with Crippen LogP contribution in [0.25, 0.3) is 58.4 Å². The number of thiophene rings is 1. The van der Waals surface area contributed by atoms with Gasteiger partial charge in [0.25, 0.3) is 0 Å². The van der Waals surface area contributed by atoms with Crippen LogP contribution >= 0.6 is 11.3 Å². The van der Waals surface area contributed by atoms with E-state index < -0.39 is 0 Å². The summed E-state index contributed by atoms with van der Waals surface area (Å²) in [6, 6.07) is 49.5. The monoisotopic (exact) mass is 646 g/mol. The van der Waals surface area contributed by atoms with Gasteiger partial charge in [-0.1, -0.05) is 127 Å². The van der Waals surface area contributed by atoms with Crippen LogP contribution in [0.3, 0.4) is 0 Å². The summed E-state index contributed by atoms with van der Waals surface area (Å²) in [4.78, 5) is 2.65. The molecule has 3 heteroatoms. The van der Waals surface area contributed by atoms with Crippen molar-refractivity contribution in [3.05, 3.63) is 182 Å². The van der Waals surface area contributed by atoms with Gasteiger partial charge in [-0.25, -0.2) is 0 Å². The van der Waals surface area contributed by atoms with Crippen LogP contribution in [0.15, 0.2) is 176 Å². The van der Waals surface area contributed by atoms with Crippen LogP contribution in [-0.2, 0) is 0 Å². The molecule has 0 amide bonds. The van der Waals surface area contributed by atoms with E-state index in [1.54, 1.807) is 0 Å². The van der Waals surface area contributed by atoms with Gasteiger partial charge in [0.05, 0.1) is 23.1 Å². The van der Waals surface area contributed by atoms with Gasteiger partial charge in [0.15, 0.2) is 0 Å². The summed E-state index contributed by atoms with van der Waals surface area (Å²) in [5.41, 5.74) is 6.28. The molecule has 0 N–H and O–H groups in total. The average Bonchev–Trinajstić information content (AvgIpc) is 3.70. The SMILES string of the molecule is C1=CCC(N(c2ccccc2)C2C=C(n3c4cc5ccccc5cc4c4c5sc6ccccc6c5ccc43)C=CC2c2ccccc2)C=C1. The molecule has 0 spiro atoms. The van der Waals surface area contributed by atoms with Gasteiger partial charge in [-0.15, -0.1) is 11.3 Å². The van der Waals surface area contributed by atoms with Gasteiger partial charge in [-0.2, -0.15) is 0 Å². The normalized spacial score (nSPS) is 19.0. The molecule has 3 unspecified atom stereocenters. The Labute approximate surface area is 289 Å². The molecule has 0 saturated carbocycles. The first-order chi connectivity index (χ1) is 24.3. The lowest BCUT2D eigenvalue weighted by atomic mass is 9.84. The predicted octanol–water partition coefficient (Wildman–Crippen LogP) is 12.3. The Morgan fingerprint density at radius 1 is 0.633 bits per heavy atom. The number of hydrogen-bond donors (Lipinski definition) is 0. The maximum atomic E-state index is 2.65. The van der Waals surface area contributed by atoms with Crippen LogP contribution in [0.4, 0.5) is 5.69 Å². The third-order valence-electron chi connectivity index (χ3n) is 10.5. The fourth-order valence-corrected chi connectivity index (χ4v) is 9.50. The summed E-state index contributed by atoms with van der Waals surface area (Å²) in [5.74, 6) is 0.188. The molecular weight excluding hydrogens is 613 g/mol. The maximum Gasteiger partial charge on any atom is 0.0605 e. The zero-order valence-corrected chi connectivity index (χ0v) is 27.8. The average molecular weight is 647 g/mol. The zero-order valence-electron chi connectivity index (χ0n) is 27.0. The smallest absolute Gasteiger partial charge is 0.0605 e. The second-order valence-corrected chi connectivity index (χ2v) is 14.3. The lowest BCUT2D eigenvalue weighted by Crippen LogP contribution is -2.45. The van der Waals surface area contributed by atoms with Crippen LogP contribution < -0.4 is 4.90 Å². The van der Waals surface area contributed by atoms with Crippen molar-refractivity contribution in [2.45, 2.75) is 24.4 Å². The topological polar surface area (TPSA) is 8.17 Å². The fourth-order valence-electron chi connectivity index (χ4n) is 8.24. The molecule has 10 rings (SSSR count). The van der Waals surface area contributed by atoms with Crippen LogP contribution in [-0.4, -0.2) is 16.7 Å². The van der Waals surface area contributed by atoms with Gasteiger partial charge in [-0.05, 0) is 71.3 Å². The molecule has 8 aromatic rings. The molecule has 2 aromatic heterocycles. The van der Waals surface area contributed by atoms with Crippen molar-refractivity contribution in [3.63, 3.8) is 0 Å². The molecule has 2 heterocycles. The lowest BCUT2D eigenvalue weighted by molar-refractivity contribution is 0.574. The highest BCUT2D eigenvalue weighted by atomic mass is 32.1. The van der Waals surface area contributed by atoms with E-state index in [9.17, 15) is 0 Å². The van der Waals surface area contributed by atoms with Gasteiger partial charge in [0.1, 0.15) is 0 Å². The minimum atomic E-state index is 0.0898. The number of benzene rings is 6. The van der Waals surface area contributed by atoms with Gasteiger partial charge < -0.3 is 9.47 Å². The summed E-state index contributed by atoms with van der Waals surface area (Å²) in [6.45, 7) is 0. The Morgan fingerprint density at radius 2 is 1.39 bits per heavy atom. The van der Waals surface area contributed by atoms with E-state index in [2.05, 4.69) is 185 Å². The Hall–Kier alpha value is -5.64. The minimum absolute atomic E-state index is 0.0898. The Kier molecular flexibility index (Phi) is 6.66. The molecule has 2 aliphatic carbocycles. The molecule has 2 nitrogen and oxygen atoms in total. The van der Waals surface area contributed by atoms with Crippen molar-refractivity contribution < 1.29 is 0 Å². The molecule has 3 atom stereocenters. The van der Waals surface area contributed by atoms with Crippen LogP contribution in [0.2, 0.25) is 0 Å².